The first-order valence-corrected chi connectivity index (χ1v) is 7.66. The highest BCUT2D eigenvalue weighted by Gasteiger charge is 2.36. The molecule has 0 saturated carbocycles. The third-order valence-electron chi connectivity index (χ3n) is 4.20. The molecule has 0 N–H and O–H groups in total. The molecule has 1 aliphatic rings. The zero-order chi connectivity index (χ0) is 17.2. The van der Waals surface area contributed by atoms with E-state index in [1.807, 2.05) is 0 Å². The van der Waals surface area contributed by atoms with Crippen molar-refractivity contribution >= 4 is 5.69 Å². The summed E-state index contributed by atoms with van der Waals surface area (Å²) < 4.78 is 41.8. The number of hydrogen-bond donors (Lipinski definition) is 0. The van der Waals surface area contributed by atoms with Crippen molar-refractivity contribution in [1.29, 1.82) is 5.26 Å². The van der Waals surface area contributed by atoms with Crippen LogP contribution in [0.3, 0.4) is 0 Å². The highest BCUT2D eigenvalue weighted by atomic mass is 19.4. The molecule has 0 spiro atoms. The van der Waals surface area contributed by atoms with Gasteiger partial charge in [-0.25, -0.2) is 4.98 Å². The molecule has 0 bridgehead atoms. The van der Waals surface area contributed by atoms with Crippen LogP contribution in [0.15, 0.2) is 30.9 Å². The second-order valence-corrected chi connectivity index (χ2v) is 5.91. The van der Waals surface area contributed by atoms with Gasteiger partial charge in [0, 0.05) is 25.3 Å². The first kappa shape index (κ1) is 16.3. The van der Waals surface area contributed by atoms with Crippen molar-refractivity contribution in [3.8, 4) is 6.07 Å². The van der Waals surface area contributed by atoms with E-state index < -0.39 is 11.7 Å². The van der Waals surface area contributed by atoms with Gasteiger partial charge in [-0.2, -0.15) is 23.5 Å². The molecule has 1 aromatic carbocycles. The Bertz CT molecular complexity index is 733. The van der Waals surface area contributed by atoms with Gasteiger partial charge in [-0.3, -0.25) is 4.68 Å². The van der Waals surface area contributed by atoms with Gasteiger partial charge in [-0.05, 0) is 37.0 Å². The Hall–Kier alpha value is -2.56. The van der Waals surface area contributed by atoms with E-state index in [2.05, 4.69) is 10.1 Å². The summed E-state index contributed by atoms with van der Waals surface area (Å²) in [6, 6.07) is 5.54. The molecule has 1 aromatic heterocycles. The van der Waals surface area contributed by atoms with E-state index in [0.29, 0.717) is 19.6 Å². The van der Waals surface area contributed by atoms with Gasteiger partial charge in [0.25, 0.3) is 0 Å². The van der Waals surface area contributed by atoms with Gasteiger partial charge in [0.15, 0.2) is 0 Å². The standard InChI is InChI=1S/C16H16F3N5/c17-16(18,19)14-6-12(7-20)3-4-15(14)23-5-1-2-13(8-23)9-24-11-21-10-22-24/h3-4,6,10-11,13H,1-2,5,8-9H2. The monoisotopic (exact) mass is 335 g/mol. The summed E-state index contributed by atoms with van der Waals surface area (Å²) in [5.41, 5.74) is -0.588. The van der Waals surface area contributed by atoms with E-state index in [4.69, 9.17) is 5.26 Å². The molecule has 24 heavy (non-hydrogen) atoms. The van der Waals surface area contributed by atoms with Crippen LogP contribution in [-0.2, 0) is 12.7 Å². The lowest BCUT2D eigenvalue weighted by Crippen LogP contribution is -2.38. The average Bonchev–Trinajstić information content (AvgIpc) is 3.06. The highest BCUT2D eigenvalue weighted by Crippen LogP contribution is 2.38. The molecule has 1 unspecified atom stereocenters. The second kappa shape index (κ2) is 6.51. The summed E-state index contributed by atoms with van der Waals surface area (Å²) in [6.07, 6.45) is 0.330. The molecule has 8 heteroatoms. The Balaban J connectivity index is 1.84. The fraction of sp³-hybridized carbons (Fsp3) is 0.438. The van der Waals surface area contributed by atoms with Crippen LogP contribution in [0.25, 0.3) is 0 Å². The summed E-state index contributed by atoms with van der Waals surface area (Å²) in [5.74, 6) is 0.206. The summed E-state index contributed by atoms with van der Waals surface area (Å²) in [5, 5.41) is 12.9. The summed E-state index contributed by atoms with van der Waals surface area (Å²) in [4.78, 5) is 5.65. The van der Waals surface area contributed by atoms with Crippen molar-refractivity contribution in [1.82, 2.24) is 14.8 Å². The molecule has 0 radical (unpaired) electrons. The Morgan fingerprint density at radius 1 is 1.33 bits per heavy atom. The smallest absolute Gasteiger partial charge is 0.371 e. The van der Waals surface area contributed by atoms with Gasteiger partial charge in [0.1, 0.15) is 12.7 Å². The van der Waals surface area contributed by atoms with Gasteiger partial charge in [0.05, 0.1) is 17.2 Å². The number of nitrogens with zero attached hydrogens (tertiary/aromatic N) is 5. The van der Waals surface area contributed by atoms with Crippen LogP contribution in [0.5, 0.6) is 0 Å². The van der Waals surface area contributed by atoms with Crippen LogP contribution in [-0.4, -0.2) is 27.9 Å². The average molecular weight is 335 g/mol. The van der Waals surface area contributed by atoms with Gasteiger partial charge in [-0.15, -0.1) is 0 Å². The molecule has 2 heterocycles. The van der Waals surface area contributed by atoms with Crippen molar-refractivity contribution in [2.75, 3.05) is 18.0 Å². The van der Waals surface area contributed by atoms with E-state index in [1.54, 1.807) is 22.0 Å². The van der Waals surface area contributed by atoms with E-state index in [9.17, 15) is 13.2 Å². The van der Waals surface area contributed by atoms with Crippen LogP contribution < -0.4 is 4.90 Å². The normalized spacial score (nSPS) is 18.4. The maximum absolute atomic E-state index is 13.4. The lowest BCUT2D eigenvalue weighted by molar-refractivity contribution is -0.137. The van der Waals surface area contributed by atoms with Crippen LogP contribution >= 0.6 is 0 Å². The molecule has 126 valence electrons. The molecule has 0 amide bonds. The second-order valence-electron chi connectivity index (χ2n) is 5.91. The summed E-state index contributed by atoms with van der Waals surface area (Å²) >= 11 is 0. The summed E-state index contributed by atoms with van der Waals surface area (Å²) in [7, 11) is 0. The van der Waals surface area contributed by atoms with Gasteiger partial charge in [-0.1, -0.05) is 0 Å². The van der Waals surface area contributed by atoms with Crippen molar-refractivity contribution in [2.24, 2.45) is 5.92 Å². The molecular weight excluding hydrogens is 319 g/mol. The maximum Gasteiger partial charge on any atom is 0.418 e. The first-order valence-electron chi connectivity index (χ1n) is 7.66. The van der Waals surface area contributed by atoms with Crippen LogP contribution in [0.2, 0.25) is 0 Å². The number of benzene rings is 1. The molecule has 0 aliphatic carbocycles. The largest absolute Gasteiger partial charge is 0.418 e. The molecule has 1 atom stereocenters. The van der Waals surface area contributed by atoms with Gasteiger partial charge >= 0.3 is 6.18 Å². The van der Waals surface area contributed by atoms with Crippen molar-refractivity contribution in [3.05, 3.63) is 42.0 Å². The number of piperidine rings is 1. The van der Waals surface area contributed by atoms with Crippen molar-refractivity contribution in [3.63, 3.8) is 0 Å². The van der Waals surface area contributed by atoms with Crippen molar-refractivity contribution in [2.45, 2.75) is 25.6 Å². The number of hydrogen-bond acceptors (Lipinski definition) is 4. The molecular formula is C16H16F3N5. The lowest BCUT2D eigenvalue weighted by atomic mass is 9.96. The van der Waals surface area contributed by atoms with Crippen LogP contribution in [0, 0.1) is 17.2 Å². The fourth-order valence-corrected chi connectivity index (χ4v) is 3.13. The van der Waals surface area contributed by atoms with Crippen LogP contribution in [0.4, 0.5) is 18.9 Å². The third kappa shape index (κ3) is 3.50. The Kier molecular flexibility index (Phi) is 4.42. The number of alkyl halides is 3. The van der Waals surface area contributed by atoms with E-state index in [0.717, 1.165) is 18.9 Å². The zero-order valence-corrected chi connectivity index (χ0v) is 12.9. The van der Waals surface area contributed by atoms with E-state index in [-0.39, 0.29) is 17.2 Å². The predicted octanol–water partition coefficient (Wildman–Crippen LogP) is 3.09. The number of anilines is 1. The highest BCUT2D eigenvalue weighted by molar-refractivity contribution is 5.58. The minimum atomic E-state index is -4.49. The zero-order valence-electron chi connectivity index (χ0n) is 12.9. The Labute approximate surface area is 137 Å². The molecule has 1 saturated heterocycles. The van der Waals surface area contributed by atoms with Crippen molar-refractivity contribution < 1.29 is 13.2 Å². The number of nitriles is 1. The maximum atomic E-state index is 13.4. The predicted molar refractivity (Wildman–Crippen MR) is 81.1 cm³/mol. The molecule has 2 aromatic rings. The molecule has 5 nitrogen and oxygen atoms in total. The van der Waals surface area contributed by atoms with Gasteiger partial charge in [0.2, 0.25) is 0 Å². The van der Waals surface area contributed by atoms with E-state index in [1.165, 1.54) is 18.5 Å². The number of halogens is 3. The molecule has 1 aliphatic heterocycles. The van der Waals surface area contributed by atoms with Crippen LogP contribution in [0.1, 0.15) is 24.0 Å². The Morgan fingerprint density at radius 3 is 2.83 bits per heavy atom. The molecule has 3 rings (SSSR count). The number of aromatic nitrogens is 3. The molecule has 1 fully saturated rings. The Morgan fingerprint density at radius 2 is 2.17 bits per heavy atom. The summed E-state index contributed by atoms with van der Waals surface area (Å²) in [6.45, 7) is 1.73. The minimum absolute atomic E-state index is 0.0160. The first-order chi connectivity index (χ1) is 11.5. The van der Waals surface area contributed by atoms with E-state index >= 15 is 0 Å². The topological polar surface area (TPSA) is 57.7 Å². The quantitative estimate of drug-likeness (QED) is 0.865. The lowest BCUT2D eigenvalue weighted by Gasteiger charge is -2.35. The fourth-order valence-electron chi connectivity index (χ4n) is 3.13. The minimum Gasteiger partial charge on any atom is -0.371 e. The third-order valence-corrected chi connectivity index (χ3v) is 4.20. The number of rotatable bonds is 3. The van der Waals surface area contributed by atoms with Gasteiger partial charge < -0.3 is 4.90 Å². The SMILES string of the molecule is N#Cc1ccc(N2CCCC(Cn3cncn3)C2)c(C(F)(F)F)c1.